The fourth-order valence-corrected chi connectivity index (χ4v) is 5.27. The molecule has 0 amide bonds. The molecular formula is C14H22N2O4S2. The predicted molar refractivity (Wildman–Crippen MR) is 84.7 cm³/mol. The van der Waals surface area contributed by atoms with Crippen molar-refractivity contribution in [1.29, 1.82) is 0 Å². The number of morpholine rings is 1. The summed E-state index contributed by atoms with van der Waals surface area (Å²) in [6.07, 6.45) is 1.69. The van der Waals surface area contributed by atoms with Crippen molar-refractivity contribution in [2.45, 2.75) is 22.6 Å². The molecule has 6 nitrogen and oxygen atoms in total. The van der Waals surface area contributed by atoms with Crippen LogP contribution in [0, 0.1) is 0 Å². The number of hydrogen-bond donors (Lipinski definition) is 1. The SMILES string of the molecule is O=S(=O)(NCC1(N2CCOCC2)CCOCC1)c1cccs1. The zero-order valence-electron chi connectivity index (χ0n) is 12.5. The molecule has 0 spiro atoms. The Morgan fingerprint density at radius 2 is 1.86 bits per heavy atom. The summed E-state index contributed by atoms with van der Waals surface area (Å²) in [4.78, 5) is 2.37. The number of rotatable bonds is 5. The van der Waals surface area contributed by atoms with Gasteiger partial charge in [-0.2, -0.15) is 0 Å². The van der Waals surface area contributed by atoms with Crippen LogP contribution >= 0.6 is 11.3 Å². The number of ether oxygens (including phenoxy) is 2. The van der Waals surface area contributed by atoms with Gasteiger partial charge < -0.3 is 9.47 Å². The van der Waals surface area contributed by atoms with Crippen LogP contribution < -0.4 is 4.72 Å². The molecule has 1 aromatic heterocycles. The van der Waals surface area contributed by atoms with Crippen LogP contribution in [0.3, 0.4) is 0 Å². The zero-order valence-corrected chi connectivity index (χ0v) is 14.1. The van der Waals surface area contributed by atoms with Crippen LogP contribution in [0.2, 0.25) is 0 Å². The second-order valence-electron chi connectivity index (χ2n) is 5.69. The van der Waals surface area contributed by atoms with E-state index in [1.165, 1.54) is 11.3 Å². The fraction of sp³-hybridized carbons (Fsp3) is 0.714. The summed E-state index contributed by atoms with van der Waals surface area (Å²) in [6, 6.07) is 3.39. The molecule has 2 aliphatic rings. The Morgan fingerprint density at radius 1 is 1.18 bits per heavy atom. The van der Waals surface area contributed by atoms with Crippen molar-refractivity contribution < 1.29 is 17.9 Å². The van der Waals surface area contributed by atoms with E-state index in [0.29, 0.717) is 37.2 Å². The highest BCUT2D eigenvalue weighted by molar-refractivity contribution is 7.91. The summed E-state index contributed by atoms with van der Waals surface area (Å²) in [5.41, 5.74) is -0.160. The second kappa shape index (κ2) is 6.94. The van der Waals surface area contributed by atoms with Gasteiger partial charge in [0.05, 0.1) is 13.2 Å². The van der Waals surface area contributed by atoms with Gasteiger partial charge >= 0.3 is 0 Å². The summed E-state index contributed by atoms with van der Waals surface area (Å²) < 4.78 is 38.9. The Labute approximate surface area is 135 Å². The molecule has 0 atom stereocenters. The summed E-state index contributed by atoms with van der Waals surface area (Å²) in [5.74, 6) is 0. The maximum Gasteiger partial charge on any atom is 0.250 e. The highest BCUT2D eigenvalue weighted by Gasteiger charge is 2.40. The summed E-state index contributed by atoms with van der Waals surface area (Å²) >= 11 is 1.24. The standard InChI is InChI=1S/C14H22N2O4S2/c17-22(18,13-2-1-11-21-13)15-12-14(3-7-19-8-4-14)16-5-9-20-10-6-16/h1-2,11,15H,3-10,12H2. The molecule has 1 N–H and O–H groups in total. The lowest BCUT2D eigenvalue weighted by Gasteiger charge is -2.47. The average Bonchev–Trinajstić information content (AvgIpc) is 3.10. The summed E-state index contributed by atoms with van der Waals surface area (Å²) in [6.45, 7) is 4.90. The van der Waals surface area contributed by atoms with Crippen LogP contribution in [0.5, 0.6) is 0 Å². The first-order valence-electron chi connectivity index (χ1n) is 7.56. The zero-order chi connectivity index (χ0) is 15.5. The number of nitrogens with one attached hydrogen (secondary N) is 1. The Morgan fingerprint density at radius 3 is 2.50 bits per heavy atom. The molecule has 2 aliphatic heterocycles. The topological polar surface area (TPSA) is 67.9 Å². The molecule has 124 valence electrons. The number of thiophene rings is 1. The van der Waals surface area contributed by atoms with Gasteiger partial charge in [-0.1, -0.05) is 6.07 Å². The first-order chi connectivity index (χ1) is 10.6. The van der Waals surface area contributed by atoms with Crippen LogP contribution in [0.1, 0.15) is 12.8 Å². The summed E-state index contributed by atoms with van der Waals surface area (Å²) in [7, 11) is -3.42. The third kappa shape index (κ3) is 3.52. The average molecular weight is 346 g/mol. The molecule has 0 radical (unpaired) electrons. The van der Waals surface area contributed by atoms with Crippen molar-refractivity contribution in [2.24, 2.45) is 0 Å². The molecule has 2 fully saturated rings. The van der Waals surface area contributed by atoms with E-state index in [2.05, 4.69) is 9.62 Å². The molecule has 0 bridgehead atoms. The number of sulfonamides is 1. The minimum absolute atomic E-state index is 0.160. The van der Waals surface area contributed by atoms with E-state index >= 15 is 0 Å². The lowest BCUT2D eigenvalue weighted by Crippen LogP contribution is -2.61. The molecule has 3 rings (SSSR count). The van der Waals surface area contributed by atoms with Gasteiger partial charge in [-0.25, -0.2) is 13.1 Å². The van der Waals surface area contributed by atoms with Gasteiger partial charge in [0.15, 0.2) is 0 Å². The normalized spacial score (nSPS) is 23.5. The maximum atomic E-state index is 12.4. The van der Waals surface area contributed by atoms with Crippen LogP contribution in [0.4, 0.5) is 0 Å². The van der Waals surface area contributed by atoms with Crippen LogP contribution in [-0.2, 0) is 19.5 Å². The molecule has 3 heterocycles. The smallest absolute Gasteiger partial charge is 0.250 e. The third-order valence-corrected chi connectivity index (χ3v) is 7.26. The first-order valence-corrected chi connectivity index (χ1v) is 9.92. The molecule has 0 aromatic carbocycles. The van der Waals surface area contributed by atoms with E-state index in [1.807, 2.05) is 0 Å². The molecule has 0 aliphatic carbocycles. The monoisotopic (exact) mass is 346 g/mol. The molecule has 2 saturated heterocycles. The van der Waals surface area contributed by atoms with Gasteiger partial charge in [0, 0.05) is 38.4 Å². The van der Waals surface area contributed by atoms with E-state index in [0.717, 1.165) is 25.9 Å². The van der Waals surface area contributed by atoms with Crippen LogP contribution in [0.15, 0.2) is 21.7 Å². The van der Waals surface area contributed by atoms with E-state index in [4.69, 9.17) is 9.47 Å². The van der Waals surface area contributed by atoms with E-state index in [-0.39, 0.29) is 5.54 Å². The van der Waals surface area contributed by atoms with E-state index in [9.17, 15) is 8.42 Å². The summed E-state index contributed by atoms with van der Waals surface area (Å²) in [5, 5.41) is 1.78. The van der Waals surface area contributed by atoms with Crippen LogP contribution in [0.25, 0.3) is 0 Å². The van der Waals surface area contributed by atoms with Gasteiger partial charge in [0.25, 0.3) is 0 Å². The highest BCUT2D eigenvalue weighted by atomic mass is 32.2. The minimum atomic E-state index is -3.42. The van der Waals surface area contributed by atoms with Gasteiger partial charge in [-0.3, -0.25) is 4.90 Å². The van der Waals surface area contributed by atoms with Gasteiger partial charge in [-0.15, -0.1) is 11.3 Å². The lowest BCUT2D eigenvalue weighted by atomic mass is 9.87. The van der Waals surface area contributed by atoms with Crippen molar-refractivity contribution in [2.75, 3.05) is 46.1 Å². The molecule has 0 unspecified atom stereocenters. The molecule has 1 aromatic rings. The van der Waals surface area contributed by atoms with Gasteiger partial charge in [0.2, 0.25) is 10.0 Å². The highest BCUT2D eigenvalue weighted by Crippen LogP contribution is 2.29. The Hall–Kier alpha value is -0.510. The second-order valence-corrected chi connectivity index (χ2v) is 8.63. The Balaban J connectivity index is 1.73. The van der Waals surface area contributed by atoms with Crippen molar-refractivity contribution >= 4 is 21.4 Å². The van der Waals surface area contributed by atoms with E-state index < -0.39 is 10.0 Å². The van der Waals surface area contributed by atoms with Crippen molar-refractivity contribution in [3.8, 4) is 0 Å². The lowest BCUT2D eigenvalue weighted by molar-refractivity contribution is -0.0683. The first kappa shape index (κ1) is 16.4. The third-order valence-electron chi connectivity index (χ3n) is 4.46. The fourth-order valence-electron chi connectivity index (χ4n) is 3.11. The Bertz CT molecular complexity index is 562. The van der Waals surface area contributed by atoms with Crippen molar-refractivity contribution in [3.63, 3.8) is 0 Å². The molecule has 22 heavy (non-hydrogen) atoms. The molecule has 8 heteroatoms. The number of hydrogen-bond acceptors (Lipinski definition) is 6. The largest absolute Gasteiger partial charge is 0.381 e. The maximum absolute atomic E-state index is 12.4. The van der Waals surface area contributed by atoms with Gasteiger partial charge in [-0.05, 0) is 24.3 Å². The molecular weight excluding hydrogens is 324 g/mol. The van der Waals surface area contributed by atoms with Crippen molar-refractivity contribution in [1.82, 2.24) is 9.62 Å². The van der Waals surface area contributed by atoms with Crippen LogP contribution in [-0.4, -0.2) is 64.9 Å². The van der Waals surface area contributed by atoms with E-state index in [1.54, 1.807) is 17.5 Å². The molecule has 0 saturated carbocycles. The van der Waals surface area contributed by atoms with Gasteiger partial charge in [0.1, 0.15) is 4.21 Å². The predicted octanol–water partition coefficient (Wildman–Crippen LogP) is 0.908. The number of nitrogens with zero attached hydrogens (tertiary/aromatic N) is 1. The van der Waals surface area contributed by atoms with Crippen molar-refractivity contribution in [3.05, 3.63) is 17.5 Å². The quantitative estimate of drug-likeness (QED) is 0.858. The minimum Gasteiger partial charge on any atom is -0.381 e. The Kier molecular flexibility index (Phi) is 5.16.